The molecule has 320 valence electrons. The van der Waals surface area contributed by atoms with E-state index in [1.54, 1.807) is 25.5 Å². The number of likely N-dealkylation sites (tertiary alicyclic amines) is 1. The Kier molecular flexibility index (Phi) is 31.3. The molecular weight excluding hydrogens is 723 g/mol. The van der Waals surface area contributed by atoms with Crippen molar-refractivity contribution in [2.45, 2.75) is 117 Å². The minimum absolute atomic E-state index is 0.0131. The molecule has 0 radical (unpaired) electrons. The number of hydrogen-bond acceptors (Lipinski definition) is 8. The first kappa shape index (κ1) is 52.0. The third-order valence-corrected chi connectivity index (χ3v) is 8.56. The number of amides is 4. The first-order chi connectivity index (χ1) is 27.7. The second-order valence-electron chi connectivity index (χ2n) is 13.1. The summed E-state index contributed by atoms with van der Waals surface area (Å²) in [5.41, 5.74) is 3.68. The number of benzene rings is 1. The molecule has 14 nitrogen and oxygen atoms in total. The summed E-state index contributed by atoms with van der Waals surface area (Å²) in [6, 6.07) is 8.72. The zero-order chi connectivity index (χ0) is 42.7. The zero-order valence-corrected chi connectivity index (χ0v) is 36.0. The highest BCUT2D eigenvalue weighted by atomic mass is 16.5. The number of nitrogens with zero attached hydrogens (tertiary/aromatic N) is 3. The molecular formula is C43H73N9O5. The van der Waals surface area contributed by atoms with E-state index in [4.69, 9.17) is 4.79 Å². The summed E-state index contributed by atoms with van der Waals surface area (Å²) in [6.07, 6.45) is 19.8. The van der Waals surface area contributed by atoms with E-state index in [2.05, 4.69) is 90.6 Å². The first-order valence-electron chi connectivity index (χ1n) is 20.6. The van der Waals surface area contributed by atoms with Crippen molar-refractivity contribution in [2.75, 3.05) is 47.4 Å². The van der Waals surface area contributed by atoms with Gasteiger partial charge >= 0.3 is 6.03 Å². The number of methoxy groups -OCH3 is 1. The standard InChI is InChI=1S/C23H33N5O2.C10H16N4O.C3H8.C3H6.C2H4O2.C2H6/c1-24-23(30)27-16-22(29)25-14-6-5-9-21-26-15-20(28-21)19-12-10-18(11-13-19)17-7-3-2-4-8-17;1-11-7-9(15)14-6-2-3-8(14)10-12-4-5-13-10;2*1-3-2;1-4-2-3;1-2/h10-13,15,17H,2-9,14,16H2,1H3,(H,25,29)(H,26,28)(H2,24,27,30);4-5,8,11H,2-3,6-7H2,1H3,(H,12,13);3H2,1-2H3;3H,1H2,2H3;2H,1H3;1-2H3. The van der Waals surface area contributed by atoms with E-state index >= 15 is 0 Å². The predicted molar refractivity (Wildman–Crippen MR) is 231 cm³/mol. The number of nitrogens with one attached hydrogen (secondary N) is 6. The normalized spacial score (nSPS) is 14.0. The van der Waals surface area contributed by atoms with Gasteiger partial charge in [0.15, 0.2) is 0 Å². The number of urea groups is 1. The van der Waals surface area contributed by atoms with Crippen molar-refractivity contribution in [3.05, 3.63) is 72.7 Å². The van der Waals surface area contributed by atoms with Crippen LogP contribution in [-0.2, 0) is 25.5 Å². The molecule has 2 aliphatic rings. The molecule has 4 amide bonds. The number of unbranched alkanes of at least 4 members (excludes halogenated alkanes) is 1. The summed E-state index contributed by atoms with van der Waals surface area (Å²) in [5, 5.41) is 10.6. The summed E-state index contributed by atoms with van der Waals surface area (Å²) in [5.74, 6) is 2.56. The summed E-state index contributed by atoms with van der Waals surface area (Å²) < 4.78 is 3.86. The van der Waals surface area contributed by atoms with Crippen molar-refractivity contribution >= 4 is 24.3 Å². The molecule has 3 aromatic rings. The lowest BCUT2D eigenvalue weighted by molar-refractivity contribution is -0.131. The van der Waals surface area contributed by atoms with Crippen molar-refractivity contribution in [1.29, 1.82) is 0 Å². The van der Waals surface area contributed by atoms with Crippen LogP contribution in [0.25, 0.3) is 11.3 Å². The molecule has 1 aromatic carbocycles. The van der Waals surface area contributed by atoms with Gasteiger partial charge in [-0.3, -0.25) is 14.4 Å². The van der Waals surface area contributed by atoms with Crippen molar-refractivity contribution in [2.24, 2.45) is 0 Å². The molecule has 3 heterocycles. The molecule has 1 aliphatic heterocycles. The van der Waals surface area contributed by atoms with Gasteiger partial charge in [0.1, 0.15) is 11.6 Å². The number of carbonyl (C=O) groups is 4. The number of likely N-dealkylation sites (N-methyl/N-ethyl adjacent to an activating group) is 1. The molecule has 57 heavy (non-hydrogen) atoms. The fraction of sp³-hybridized carbons (Fsp3) is 0.581. The van der Waals surface area contributed by atoms with Crippen LogP contribution < -0.4 is 21.3 Å². The van der Waals surface area contributed by atoms with E-state index < -0.39 is 0 Å². The van der Waals surface area contributed by atoms with E-state index in [0.717, 1.165) is 61.9 Å². The van der Waals surface area contributed by atoms with Crippen molar-refractivity contribution in [3.63, 3.8) is 0 Å². The van der Waals surface area contributed by atoms with Gasteiger partial charge in [0, 0.05) is 39.0 Å². The number of imidazole rings is 2. The Morgan fingerprint density at radius 1 is 0.965 bits per heavy atom. The maximum absolute atomic E-state index is 11.8. The Labute approximate surface area is 342 Å². The Bertz CT molecular complexity index is 1460. The minimum Gasteiger partial charge on any atom is -0.471 e. The van der Waals surface area contributed by atoms with Gasteiger partial charge in [-0.25, -0.2) is 14.8 Å². The SMILES string of the molecule is C=CC.CC.CCC.CNC(=O)NCC(=O)NCCCCc1ncc(-c2ccc(C3CCCCC3)cc2)[nH]1.CNCC(=O)N1CCCC1c1ncc[nH]1.COC=O. The van der Waals surface area contributed by atoms with Gasteiger partial charge in [0.2, 0.25) is 11.8 Å². The smallest absolute Gasteiger partial charge is 0.314 e. The number of aryl methyl sites for hydroxylation is 1. The Morgan fingerprint density at radius 3 is 2.18 bits per heavy atom. The second-order valence-corrected chi connectivity index (χ2v) is 13.1. The number of allylic oxidation sites excluding steroid dienone is 1. The largest absolute Gasteiger partial charge is 0.471 e. The summed E-state index contributed by atoms with van der Waals surface area (Å²) in [4.78, 5) is 60.5. The third-order valence-electron chi connectivity index (χ3n) is 8.56. The lowest BCUT2D eigenvalue weighted by atomic mass is 9.84. The average Bonchev–Trinajstić information content (AvgIpc) is 4.05. The number of carbonyl (C=O) groups excluding carboxylic acids is 4. The van der Waals surface area contributed by atoms with E-state index in [9.17, 15) is 14.4 Å². The van der Waals surface area contributed by atoms with E-state index in [1.807, 2.05) is 31.9 Å². The first-order valence-corrected chi connectivity index (χ1v) is 20.6. The van der Waals surface area contributed by atoms with Gasteiger partial charge in [-0.1, -0.05) is 83.7 Å². The van der Waals surface area contributed by atoms with Crippen LogP contribution in [0.3, 0.4) is 0 Å². The zero-order valence-electron chi connectivity index (χ0n) is 36.0. The number of hydrogen-bond donors (Lipinski definition) is 6. The average molecular weight is 796 g/mol. The number of ether oxygens (including phenoxy) is 1. The highest BCUT2D eigenvalue weighted by molar-refractivity contribution is 5.83. The number of aromatic amines is 2. The van der Waals surface area contributed by atoms with Gasteiger partial charge in [-0.2, -0.15) is 0 Å². The molecule has 1 aliphatic carbocycles. The van der Waals surface area contributed by atoms with Crippen molar-refractivity contribution in [1.82, 2.24) is 46.1 Å². The molecule has 0 spiro atoms. The summed E-state index contributed by atoms with van der Waals surface area (Å²) in [6.45, 7) is 15.7. The molecule has 5 rings (SSSR count). The van der Waals surface area contributed by atoms with E-state index in [0.29, 0.717) is 19.6 Å². The van der Waals surface area contributed by atoms with Gasteiger partial charge in [-0.05, 0) is 69.5 Å². The summed E-state index contributed by atoms with van der Waals surface area (Å²) >= 11 is 0. The maximum atomic E-state index is 11.8. The van der Waals surface area contributed by atoms with E-state index in [1.165, 1.54) is 63.8 Å². The monoisotopic (exact) mass is 796 g/mol. The van der Waals surface area contributed by atoms with Crippen molar-refractivity contribution in [3.8, 4) is 11.3 Å². The molecule has 2 aromatic heterocycles. The molecule has 1 atom stereocenters. The van der Waals surface area contributed by atoms with Gasteiger partial charge in [0.25, 0.3) is 6.47 Å². The highest BCUT2D eigenvalue weighted by Crippen LogP contribution is 2.33. The molecule has 6 N–H and O–H groups in total. The predicted octanol–water partition coefficient (Wildman–Crippen LogP) is 7.21. The van der Waals surface area contributed by atoms with Crippen LogP contribution in [0, 0.1) is 0 Å². The Balaban J connectivity index is 0.000000960. The van der Waals surface area contributed by atoms with Crippen LogP contribution in [0.1, 0.15) is 128 Å². The van der Waals surface area contributed by atoms with Crippen LogP contribution in [0.4, 0.5) is 4.79 Å². The summed E-state index contributed by atoms with van der Waals surface area (Å²) in [7, 11) is 4.61. The lowest BCUT2D eigenvalue weighted by Crippen LogP contribution is -2.40. The fourth-order valence-electron chi connectivity index (χ4n) is 6.03. The quantitative estimate of drug-likeness (QED) is 0.0595. The van der Waals surface area contributed by atoms with Gasteiger partial charge < -0.3 is 40.9 Å². The molecule has 0 bridgehead atoms. The van der Waals surface area contributed by atoms with Gasteiger partial charge in [-0.15, -0.1) is 6.58 Å². The van der Waals surface area contributed by atoms with Crippen LogP contribution in [0.5, 0.6) is 0 Å². The van der Waals surface area contributed by atoms with Crippen LogP contribution in [-0.4, -0.2) is 96.5 Å². The third kappa shape index (κ3) is 22.4. The highest BCUT2D eigenvalue weighted by Gasteiger charge is 2.30. The van der Waals surface area contributed by atoms with Crippen LogP contribution in [0.15, 0.2) is 55.5 Å². The number of H-pyrrole nitrogens is 2. The molecule has 2 fully saturated rings. The van der Waals surface area contributed by atoms with Crippen molar-refractivity contribution < 1.29 is 23.9 Å². The topological polar surface area (TPSA) is 186 Å². The van der Waals surface area contributed by atoms with E-state index in [-0.39, 0.29) is 30.4 Å². The minimum atomic E-state index is -0.359. The second kappa shape index (κ2) is 34.3. The van der Waals surface area contributed by atoms with Gasteiger partial charge in [0.05, 0.1) is 38.1 Å². The van der Waals surface area contributed by atoms with Crippen LogP contribution >= 0.6 is 0 Å². The van der Waals surface area contributed by atoms with Crippen LogP contribution in [0.2, 0.25) is 0 Å². The Hall–Kier alpha value is -4.98. The number of aromatic nitrogens is 4. The number of rotatable bonds is 13. The Morgan fingerprint density at radius 2 is 1.61 bits per heavy atom. The molecule has 1 unspecified atom stereocenters. The fourth-order valence-corrected chi connectivity index (χ4v) is 6.03. The molecule has 1 saturated heterocycles. The molecule has 1 saturated carbocycles. The lowest BCUT2D eigenvalue weighted by Gasteiger charge is -2.22. The maximum Gasteiger partial charge on any atom is 0.314 e. The molecule has 14 heteroatoms.